The van der Waals surface area contributed by atoms with Crippen LogP contribution in [0.1, 0.15) is 24.1 Å². The van der Waals surface area contributed by atoms with Crippen LogP contribution in [0.2, 0.25) is 0 Å². The van der Waals surface area contributed by atoms with Gasteiger partial charge in [0.05, 0.1) is 11.0 Å². The second-order valence-electron chi connectivity index (χ2n) is 6.32. The molecule has 0 spiro atoms. The number of nitro benzene ring substituents is 1. The summed E-state index contributed by atoms with van der Waals surface area (Å²) in [6.45, 7) is 2.62. The molecule has 0 aromatic heterocycles. The molecule has 0 heterocycles. The second kappa shape index (κ2) is 8.31. The summed E-state index contributed by atoms with van der Waals surface area (Å²) in [7, 11) is 1.72. The van der Waals surface area contributed by atoms with E-state index in [2.05, 4.69) is 52.9 Å². The smallest absolute Gasteiger partial charge is 0.269 e. The first-order chi connectivity index (χ1) is 13.1. The monoisotopic (exact) mass is 362 g/mol. The van der Waals surface area contributed by atoms with Gasteiger partial charge in [0.15, 0.2) is 5.96 Å². The molecule has 3 aromatic carbocycles. The van der Waals surface area contributed by atoms with Crippen LogP contribution in [-0.2, 0) is 6.54 Å². The van der Waals surface area contributed by atoms with Gasteiger partial charge >= 0.3 is 0 Å². The molecule has 0 aliphatic rings. The first-order valence-corrected chi connectivity index (χ1v) is 8.76. The molecule has 1 atom stereocenters. The zero-order valence-electron chi connectivity index (χ0n) is 15.3. The van der Waals surface area contributed by atoms with E-state index >= 15 is 0 Å². The van der Waals surface area contributed by atoms with Crippen LogP contribution in [0.5, 0.6) is 0 Å². The van der Waals surface area contributed by atoms with E-state index in [9.17, 15) is 10.1 Å². The van der Waals surface area contributed by atoms with Crippen LogP contribution in [-0.4, -0.2) is 17.9 Å². The summed E-state index contributed by atoms with van der Waals surface area (Å²) in [6, 6.07) is 21.3. The van der Waals surface area contributed by atoms with Gasteiger partial charge in [-0.15, -0.1) is 0 Å². The highest BCUT2D eigenvalue weighted by Gasteiger charge is 2.09. The van der Waals surface area contributed by atoms with Crippen molar-refractivity contribution in [2.45, 2.75) is 19.5 Å². The Morgan fingerprint density at radius 1 is 1.07 bits per heavy atom. The fourth-order valence-electron chi connectivity index (χ4n) is 2.88. The normalized spacial score (nSPS) is 12.6. The molecule has 0 aliphatic carbocycles. The number of hydrogen-bond donors (Lipinski definition) is 2. The predicted molar refractivity (Wildman–Crippen MR) is 109 cm³/mol. The third-order valence-corrected chi connectivity index (χ3v) is 4.46. The predicted octanol–water partition coefficient (Wildman–Crippen LogP) is 4.17. The lowest BCUT2D eigenvalue weighted by Crippen LogP contribution is -2.38. The molecule has 1 unspecified atom stereocenters. The van der Waals surface area contributed by atoms with Crippen molar-refractivity contribution in [1.82, 2.24) is 10.6 Å². The summed E-state index contributed by atoms with van der Waals surface area (Å²) in [5, 5.41) is 19.8. The largest absolute Gasteiger partial charge is 0.352 e. The molecule has 0 amide bonds. The van der Waals surface area contributed by atoms with Crippen molar-refractivity contribution in [3.8, 4) is 0 Å². The Morgan fingerprint density at radius 3 is 2.44 bits per heavy atom. The highest BCUT2D eigenvalue weighted by atomic mass is 16.6. The van der Waals surface area contributed by atoms with E-state index in [0.717, 1.165) is 5.56 Å². The quantitative estimate of drug-likeness (QED) is 0.309. The number of fused-ring (bicyclic) bond motifs is 1. The second-order valence-corrected chi connectivity index (χ2v) is 6.32. The summed E-state index contributed by atoms with van der Waals surface area (Å²) >= 11 is 0. The van der Waals surface area contributed by atoms with Crippen LogP contribution in [0, 0.1) is 10.1 Å². The summed E-state index contributed by atoms with van der Waals surface area (Å²) in [6.07, 6.45) is 0. The summed E-state index contributed by atoms with van der Waals surface area (Å²) in [5.41, 5.74) is 2.21. The zero-order chi connectivity index (χ0) is 19.2. The molecule has 6 nitrogen and oxygen atoms in total. The number of nitro groups is 1. The number of guanidine groups is 1. The summed E-state index contributed by atoms with van der Waals surface area (Å²) in [4.78, 5) is 14.6. The Bertz CT molecular complexity index is 967. The van der Waals surface area contributed by atoms with Gasteiger partial charge in [-0.3, -0.25) is 15.1 Å². The van der Waals surface area contributed by atoms with Gasteiger partial charge in [0.1, 0.15) is 0 Å². The topological polar surface area (TPSA) is 79.6 Å². The van der Waals surface area contributed by atoms with E-state index in [1.807, 2.05) is 12.1 Å². The fourth-order valence-corrected chi connectivity index (χ4v) is 2.88. The number of non-ortho nitro benzene ring substituents is 1. The van der Waals surface area contributed by atoms with Crippen LogP contribution < -0.4 is 10.6 Å². The number of rotatable bonds is 5. The van der Waals surface area contributed by atoms with E-state index in [0.29, 0.717) is 12.5 Å². The standard InChI is InChI=1S/C21H22N4O2/c1-15(18-10-9-17-5-3-4-6-19(17)13-18)24-21(22-2)23-14-16-7-11-20(12-8-16)25(26)27/h3-13,15H,14H2,1-2H3,(H2,22,23,24). The molecule has 0 radical (unpaired) electrons. The molecule has 3 rings (SSSR count). The maximum Gasteiger partial charge on any atom is 0.269 e. The average molecular weight is 362 g/mol. The highest BCUT2D eigenvalue weighted by Crippen LogP contribution is 2.20. The van der Waals surface area contributed by atoms with Crippen molar-refractivity contribution in [3.05, 3.63) is 88.0 Å². The fraction of sp³-hybridized carbons (Fsp3) is 0.190. The maximum atomic E-state index is 10.7. The molecular formula is C21H22N4O2. The first kappa shape index (κ1) is 18.4. The minimum atomic E-state index is -0.400. The Hall–Kier alpha value is -3.41. The lowest BCUT2D eigenvalue weighted by atomic mass is 10.0. The van der Waals surface area contributed by atoms with Gasteiger partial charge in [0.2, 0.25) is 0 Å². The van der Waals surface area contributed by atoms with Crippen molar-refractivity contribution >= 4 is 22.4 Å². The van der Waals surface area contributed by atoms with E-state index in [1.54, 1.807) is 19.2 Å². The van der Waals surface area contributed by atoms with Gasteiger partial charge in [-0.2, -0.15) is 0 Å². The summed E-state index contributed by atoms with van der Waals surface area (Å²) in [5.74, 6) is 0.675. The third kappa shape index (κ3) is 4.61. The summed E-state index contributed by atoms with van der Waals surface area (Å²) < 4.78 is 0. The molecule has 0 saturated carbocycles. The van der Waals surface area contributed by atoms with Gasteiger partial charge in [0, 0.05) is 25.7 Å². The molecular weight excluding hydrogens is 340 g/mol. The van der Waals surface area contributed by atoms with Gasteiger partial charge in [-0.1, -0.05) is 48.5 Å². The minimum absolute atomic E-state index is 0.0812. The van der Waals surface area contributed by atoms with Crippen LogP contribution in [0.3, 0.4) is 0 Å². The molecule has 3 aromatic rings. The number of benzene rings is 3. The van der Waals surface area contributed by atoms with Gasteiger partial charge in [-0.25, -0.2) is 0 Å². The van der Waals surface area contributed by atoms with Crippen LogP contribution in [0.4, 0.5) is 5.69 Å². The van der Waals surface area contributed by atoms with Gasteiger partial charge in [-0.05, 0) is 34.9 Å². The third-order valence-electron chi connectivity index (χ3n) is 4.46. The number of nitrogens with one attached hydrogen (secondary N) is 2. The molecule has 6 heteroatoms. The number of hydrogen-bond acceptors (Lipinski definition) is 3. The van der Waals surface area contributed by atoms with E-state index in [4.69, 9.17) is 0 Å². The highest BCUT2D eigenvalue weighted by molar-refractivity contribution is 5.84. The van der Waals surface area contributed by atoms with Crippen molar-refractivity contribution in [3.63, 3.8) is 0 Å². The molecule has 0 fully saturated rings. The Kier molecular flexibility index (Phi) is 5.66. The Balaban J connectivity index is 1.62. The molecule has 27 heavy (non-hydrogen) atoms. The Labute approximate surface area is 158 Å². The van der Waals surface area contributed by atoms with Crippen molar-refractivity contribution < 1.29 is 4.92 Å². The number of aliphatic imine (C=N–C) groups is 1. The minimum Gasteiger partial charge on any atom is -0.352 e. The Morgan fingerprint density at radius 2 is 1.78 bits per heavy atom. The SMILES string of the molecule is CN=C(NCc1ccc([N+](=O)[O-])cc1)NC(C)c1ccc2ccccc2c1. The maximum absolute atomic E-state index is 10.7. The number of nitrogens with zero attached hydrogens (tertiary/aromatic N) is 2. The van der Waals surface area contributed by atoms with Crippen molar-refractivity contribution in [2.24, 2.45) is 4.99 Å². The van der Waals surface area contributed by atoms with Gasteiger partial charge < -0.3 is 10.6 Å². The average Bonchev–Trinajstić information content (AvgIpc) is 2.70. The molecule has 2 N–H and O–H groups in total. The lowest BCUT2D eigenvalue weighted by Gasteiger charge is -2.19. The van der Waals surface area contributed by atoms with Crippen LogP contribution in [0.15, 0.2) is 71.7 Å². The van der Waals surface area contributed by atoms with E-state index in [1.165, 1.54) is 28.5 Å². The van der Waals surface area contributed by atoms with Crippen molar-refractivity contribution in [1.29, 1.82) is 0 Å². The zero-order valence-corrected chi connectivity index (χ0v) is 15.3. The molecule has 0 bridgehead atoms. The van der Waals surface area contributed by atoms with Gasteiger partial charge in [0.25, 0.3) is 5.69 Å². The van der Waals surface area contributed by atoms with Crippen LogP contribution >= 0.6 is 0 Å². The van der Waals surface area contributed by atoms with E-state index in [-0.39, 0.29) is 11.7 Å². The van der Waals surface area contributed by atoms with Crippen molar-refractivity contribution in [2.75, 3.05) is 7.05 Å². The molecule has 0 saturated heterocycles. The first-order valence-electron chi connectivity index (χ1n) is 8.76. The lowest BCUT2D eigenvalue weighted by molar-refractivity contribution is -0.384. The van der Waals surface area contributed by atoms with E-state index < -0.39 is 4.92 Å². The van der Waals surface area contributed by atoms with Crippen LogP contribution in [0.25, 0.3) is 10.8 Å². The molecule has 138 valence electrons. The molecule has 0 aliphatic heterocycles.